The van der Waals surface area contributed by atoms with Gasteiger partial charge in [0.15, 0.2) is 5.82 Å². The van der Waals surface area contributed by atoms with E-state index in [2.05, 4.69) is 25.3 Å². The van der Waals surface area contributed by atoms with Crippen LogP contribution in [-0.4, -0.2) is 29.0 Å². The van der Waals surface area contributed by atoms with Crippen LogP contribution in [0.25, 0.3) is 11.4 Å². The summed E-state index contributed by atoms with van der Waals surface area (Å²) in [6.45, 7) is 0. The highest BCUT2D eigenvalue weighted by atomic mass is 35.5. The summed E-state index contributed by atoms with van der Waals surface area (Å²) in [5, 5.41) is 14.1. The quantitative estimate of drug-likeness (QED) is 0.691. The molecule has 0 aliphatic rings. The van der Waals surface area contributed by atoms with Crippen molar-refractivity contribution in [3.63, 3.8) is 0 Å². The molecule has 2 aromatic carbocycles. The normalized spacial score (nSPS) is 11.5. The Kier molecular flexibility index (Phi) is 4.64. The van der Waals surface area contributed by atoms with Crippen LogP contribution in [0.3, 0.4) is 0 Å². The van der Waals surface area contributed by atoms with Crippen LogP contribution in [0.4, 0.5) is 5.69 Å². The Morgan fingerprint density at radius 1 is 1.00 bits per heavy atom. The van der Waals surface area contributed by atoms with Crippen molar-refractivity contribution in [2.75, 3.05) is 4.72 Å². The van der Waals surface area contributed by atoms with E-state index in [-0.39, 0.29) is 26.5 Å². The van der Waals surface area contributed by atoms with Crippen LogP contribution in [0.2, 0.25) is 15.1 Å². The van der Waals surface area contributed by atoms with Crippen LogP contribution < -0.4 is 4.72 Å². The molecule has 0 saturated heterocycles. The molecular formula is C13H8Cl3N5O2S. The SMILES string of the molecule is O=S(=O)(Nc1ccc(Cl)cc1-c1nnn[nH]1)c1ccc(Cl)c(Cl)c1. The van der Waals surface area contributed by atoms with Crippen LogP contribution in [0, 0.1) is 0 Å². The lowest BCUT2D eigenvalue weighted by atomic mass is 10.2. The molecule has 124 valence electrons. The summed E-state index contributed by atoms with van der Waals surface area (Å²) in [7, 11) is -3.90. The highest BCUT2D eigenvalue weighted by Crippen LogP contribution is 2.31. The van der Waals surface area contributed by atoms with Gasteiger partial charge in [-0.1, -0.05) is 34.8 Å². The molecular weight excluding hydrogens is 397 g/mol. The van der Waals surface area contributed by atoms with Crippen LogP contribution >= 0.6 is 34.8 Å². The van der Waals surface area contributed by atoms with Gasteiger partial charge in [0.2, 0.25) is 0 Å². The topological polar surface area (TPSA) is 101 Å². The Balaban J connectivity index is 2.03. The number of aromatic nitrogens is 4. The molecule has 0 aliphatic carbocycles. The third-order valence-electron chi connectivity index (χ3n) is 3.03. The molecule has 11 heteroatoms. The fraction of sp³-hybridized carbons (Fsp3) is 0. The third-order valence-corrected chi connectivity index (χ3v) is 5.37. The van der Waals surface area contributed by atoms with Crippen molar-refractivity contribution in [3.05, 3.63) is 51.5 Å². The minimum absolute atomic E-state index is 0.0338. The second kappa shape index (κ2) is 6.56. The Morgan fingerprint density at radius 2 is 1.79 bits per heavy atom. The Bertz CT molecular complexity index is 993. The Hall–Kier alpha value is -1.87. The lowest BCUT2D eigenvalue weighted by Gasteiger charge is -2.12. The van der Waals surface area contributed by atoms with Crippen molar-refractivity contribution in [3.8, 4) is 11.4 Å². The summed E-state index contributed by atoms with van der Waals surface area (Å²) in [6.07, 6.45) is 0. The second-order valence-electron chi connectivity index (χ2n) is 4.62. The monoisotopic (exact) mass is 403 g/mol. The van der Waals surface area contributed by atoms with Crippen LogP contribution in [0.15, 0.2) is 41.3 Å². The van der Waals surface area contributed by atoms with E-state index in [1.165, 1.54) is 30.3 Å². The number of nitrogens with one attached hydrogen (secondary N) is 2. The zero-order valence-electron chi connectivity index (χ0n) is 11.7. The summed E-state index contributed by atoms with van der Waals surface area (Å²) in [6, 6.07) is 8.61. The lowest BCUT2D eigenvalue weighted by molar-refractivity contribution is 0.601. The van der Waals surface area contributed by atoms with Gasteiger partial charge in [0.1, 0.15) is 0 Å². The number of sulfonamides is 1. The molecule has 3 aromatic rings. The van der Waals surface area contributed by atoms with E-state index in [0.717, 1.165) is 0 Å². The first-order valence-electron chi connectivity index (χ1n) is 6.38. The molecule has 0 radical (unpaired) electrons. The first-order valence-corrected chi connectivity index (χ1v) is 9.00. The molecule has 24 heavy (non-hydrogen) atoms. The van der Waals surface area contributed by atoms with E-state index < -0.39 is 10.0 Å². The fourth-order valence-electron chi connectivity index (χ4n) is 1.92. The summed E-state index contributed by atoms with van der Waals surface area (Å²) >= 11 is 17.7. The summed E-state index contributed by atoms with van der Waals surface area (Å²) < 4.78 is 27.6. The summed E-state index contributed by atoms with van der Waals surface area (Å²) in [5.41, 5.74) is 0.653. The second-order valence-corrected chi connectivity index (χ2v) is 7.55. The molecule has 1 aromatic heterocycles. The zero-order chi connectivity index (χ0) is 17.3. The van der Waals surface area contributed by atoms with Gasteiger partial charge in [0.25, 0.3) is 10.0 Å². The van der Waals surface area contributed by atoms with Gasteiger partial charge < -0.3 is 0 Å². The smallest absolute Gasteiger partial charge is 0.261 e. The van der Waals surface area contributed by atoms with E-state index >= 15 is 0 Å². The number of H-pyrrole nitrogens is 1. The van der Waals surface area contributed by atoms with Crippen molar-refractivity contribution in [1.29, 1.82) is 0 Å². The molecule has 3 rings (SSSR count). The van der Waals surface area contributed by atoms with Gasteiger partial charge in [0.05, 0.1) is 20.6 Å². The third kappa shape index (κ3) is 3.46. The van der Waals surface area contributed by atoms with Crippen molar-refractivity contribution in [2.45, 2.75) is 4.90 Å². The molecule has 0 saturated carbocycles. The molecule has 0 atom stereocenters. The number of halogens is 3. The predicted octanol–water partition coefficient (Wildman–Crippen LogP) is 3.63. The molecule has 0 fully saturated rings. The van der Waals surface area contributed by atoms with E-state index in [1.54, 1.807) is 6.07 Å². The molecule has 0 aliphatic heterocycles. The molecule has 0 amide bonds. The highest BCUT2D eigenvalue weighted by molar-refractivity contribution is 7.92. The number of anilines is 1. The van der Waals surface area contributed by atoms with E-state index in [4.69, 9.17) is 34.8 Å². The standard InChI is InChI=1S/C13H8Cl3N5O2S/c14-7-1-4-12(9(5-7)13-17-20-21-18-13)19-24(22,23)8-2-3-10(15)11(16)6-8/h1-6,19H,(H,17,18,20,21). The Labute approximate surface area is 152 Å². The predicted molar refractivity (Wildman–Crippen MR) is 91.9 cm³/mol. The molecule has 1 heterocycles. The zero-order valence-corrected chi connectivity index (χ0v) is 14.7. The highest BCUT2D eigenvalue weighted by Gasteiger charge is 2.19. The van der Waals surface area contributed by atoms with Crippen molar-refractivity contribution >= 4 is 50.5 Å². The van der Waals surface area contributed by atoms with Gasteiger partial charge in [-0.3, -0.25) is 4.72 Å². The summed E-state index contributed by atoms with van der Waals surface area (Å²) in [5.74, 6) is 0.268. The maximum atomic E-state index is 12.6. The van der Waals surface area contributed by atoms with Crippen LogP contribution in [-0.2, 0) is 10.0 Å². The largest absolute Gasteiger partial charge is 0.279 e. The van der Waals surface area contributed by atoms with Crippen molar-refractivity contribution in [1.82, 2.24) is 20.6 Å². The van der Waals surface area contributed by atoms with E-state index in [1.807, 2.05) is 0 Å². The first kappa shape index (κ1) is 17.0. The summed E-state index contributed by atoms with van der Waals surface area (Å²) in [4.78, 5) is -0.0338. The van der Waals surface area contributed by atoms with E-state index in [9.17, 15) is 8.42 Å². The number of tetrazole rings is 1. The molecule has 0 bridgehead atoms. The average Bonchev–Trinajstić information content (AvgIpc) is 3.05. The minimum Gasteiger partial charge on any atom is -0.279 e. The number of rotatable bonds is 4. The maximum absolute atomic E-state index is 12.6. The lowest BCUT2D eigenvalue weighted by Crippen LogP contribution is -2.13. The number of hydrogen-bond acceptors (Lipinski definition) is 5. The average molecular weight is 405 g/mol. The number of aromatic amines is 1. The van der Waals surface area contributed by atoms with Gasteiger partial charge in [0, 0.05) is 10.6 Å². The van der Waals surface area contributed by atoms with E-state index in [0.29, 0.717) is 10.6 Å². The molecule has 2 N–H and O–H groups in total. The number of hydrogen-bond donors (Lipinski definition) is 2. The van der Waals surface area contributed by atoms with Gasteiger partial charge in [-0.25, -0.2) is 13.5 Å². The van der Waals surface area contributed by atoms with Crippen LogP contribution in [0.1, 0.15) is 0 Å². The van der Waals surface area contributed by atoms with Crippen LogP contribution in [0.5, 0.6) is 0 Å². The first-order chi connectivity index (χ1) is 11.4. The Morgan fingerprint density at radius 3 is 2.46 bits per heavy atom. The molecule has 0 spiro atoms. The number of nitrogens with zero attached hydrogens (tertiary/aromatic N) is 3. The van der Waals surface area contributed by atoms with Crippen molar-refractivity contribution in [2.24, 2.45) is 0 Å². The van der Waals surface area contributed by atoms with Gasteiger partial charge >= 0.3 is 0 Å². The number of benzene rings is 2. The molecule has 7 nitrogen and oxygen atoms in total. The van der Waals surface area contributed by atoms with Gasteiger partial charge in [-0.2, -0.15) is 0 Å². The minimum atomic E-state index is -3.90. The molecule has 0 unspecified atom stereocenters. The van der Waals surface area contributed by atoms with Crippen molar-refractivity contribution < 1.29 is 8.42 Å². The van der Waals surface area contributed by atoms with Gasteiger partial charge in [-0.15, -0.1) is 5.10 Å². The fourth-order valence-corrected chi connectivity index (χ4v) is 3.56. The maximum Gasteiger partial charge on any atom is 0.261 e. The van der Waals surface area contributed by atoms with Gasteiger partial charge in [-0.05, 0) is 46.8 Å².